The van der Waals surface area contributed by atoms with Crippen molar-refractivity contribution in [3.05, 3.63) is 47.2 Å². The zero-order valence-corrected chi connectivity index (χ0v) is 17.3. The van der Waals surface area contributed by atoms with Crippen molar-refractivity contribution in [1.29, 1.82) is 0 Å². The molecule has 1 saturated heterocycles. The Morgan fingerprint density at radius 2 is 1.74 bits per heavy atom. The Balaban J connectivity index is 1.26. The normalized spacial score (nSPS) is 15.8. The second-order valence-electron chi connectivity index (χ2n) is 7.31. The standard InChI is InChI=1S/C21H24N6O4/c1-14-12-17(26-8-10-31-11-9-26)25-21(24-14)23-7-6-22-18(28)13-27-19(29)15-4-2-3-5-16(15)20(27)30/h2-5,12H,6-11,13H2,1H3,(H,22,28)(H,23,24,25). The molecule has 0 atom stereocenters. The van der Waals surface area contributed by atoms with Crippen molar-refractivity contribution in [3.63, 3.8) is 0 Å². The Bertz CT molecular complexity index is 970. The number of hydrogen-bond donors (Lipinski definition) is 2. The number of amides is 3. The predicted molar refractivity (Wildman–Crippen MR) is 113 cm³/mol. The van der Waals surface area contributed by atoms with Gasteiger partial charge < -0.3 is 20.3 Å². The highest BCUT2D eigenvalue weighted by Gasteiger charge is 2.36. The summed E-state index contributed by atoms with van der Waals surface area (Å²) in [4.78, 5) is 48.9. The lowest BCUT2D eigenvalue weighted by Gasteiger charge is -2.28. The van der Waals surface area contributed by atoms with Crippen LogP contribution >= 0.6 is 0 Å². The second kappa shape index (κ2) is 9.09. The molecule has 1 aromatic carbocycles. The molecule has 3 amide bonds. The molecule has 2 aliphatic heterocycles. The van der Waals surface area contributed by atoms with E-state index in [-0.39, 0.29) is 6.54 Å². The molecule has 4 rings (SSSR count). The molecule has 0 bridgehead atoms. The zero-order valence-electron chi connectivity index (χ0n) is 17.3. The molecule has 162 valence electrons. The fourth-order valence-electron chi connectivity index (χ4n) is 3.54. The van der Waals surface area contributed by atoms with Crippen LogP contribution in [0.1, 0.15) is 26.4 Å². The van der Waals surface area contributed by atoms with Gasteiger partial charge in [0.2, 0.25) is 11.9 Å². The number of rotatable bonds is 7. The van der Waals surface area contributed by atoms with E-state index in [1.165, 1.54) is 0 Å². The van der Waals surface area contributed by atoms with E-state index >= 15 is 0 Å². The van der Waals surface area contributed by atoms with E-state index in [1.807, 2.05) is 13.0 Å². The van der Waals surface area contributed by atoms with Gasteiger partial charge in [-0.25, -0.2) is 4.98 Å². The van der Waals surface area contributed by atoms with Crippen molar-refractivity contribution >= 4 is 29.5 Å². The number of fused-ring (bicyclic) bond motifs is 1. The van der Waals surface area contributed by atoms with Gasteiger partial charge in [0, 0.05) is 37.9 Å². The van der Waals surface area contributed by atoms with Crippen LogP contribution in [0.25, 0.3) is 0 Å². The average molecular weight is 424 g/mol. The molecule has 10 nitrogen and oxygen atoms in total. The lowest BCUT2D eigenvalue weighted by atomic mass is 10.1. The van der Waals surface area contributed by atoms with Gasteiger partial charge in [-0.15, -0.1) is 0 Å². The van der Waals surface area contributed by atoms with Crippen LogP contribution in [-0.4, -0.2) is 78.5 Å². The molecular weight excluding hydrogens is 400 g/mol. The monoisotopic (exact) mass is 424 g/mol. The van der Waals surface area contributed by atoms with E-state index in [0.29, 0.717) is 43.4 Å². The van der Waals surface area contributed by atoms with Crippen LogP contribution in [0.5, 0.6) is 0 Å². The summed E-state index contributed by atoms with van der Waals surface area (Å²) in [5.74, 6) is 0.0230. The maximum absolute atomic E-state index is 12.3. The molecule has 1 fully saturated rings. The van der Waals surface area contributed by atoms with E-state index in [4.69, 9.17) is 4.74 Å². The molecule has 2 N–H and O–H groups in total. The Labute approximate surface area is 179 Å². The number of aryl methyl sites for hydroxylation is 1. The first-order valence-corrected chi connectivity index (χ1v) is 10.2. The first kappa shape index (κ1) is 20.7. The van der Waals surface area contributed by atoms with Gasteiger partial charge in [0.1, 0.15) is 12.4 Å². The summed E-state index contributed by atoms with van der Waals surface area (Å²) in [6.07, 6.45) is 0. The van der Waals surface area contributed by atoms with Crippen LogP contribution in [0.4, 0.5) is 11.8 Å². The Morgan fingerprint density at radius 1 is 1.06 bits per heavy atom. The molecule has 31 heavy (non-hydrogen) atoms. The molecule has 0 aliphatic carbocycles. The van der Waals surface area contributed by atoms with Crippen molar-refractivity contribution in [1.82, 2.24) is 20.2 Å². The van der Waals surface area contributed by atoms with Gasteiger partial charge in [0.05, 0.1) is 24.3 Å². The van der Waals surface area contributed by atoms with Gasteiger partial charge >= 0.3 is 0 Å². The van der Waals surface area contributed by atoms with Crippen LogP contribution in [0.15, 0.2) is 30.3 Å². The SMILES string of the molecule is Cc1cc(N2CCOCC2)nc(NCCNC(=O)CN2C(=O)c3ccccc3C2=O)n1. The third-order valence-corrected chi connectivity index (χ3v) is 5.09. The van der Waals surface area contributed by atoms with Crippen molar-refractivity contribution in [3.8, 4) is 0 Å². The van der Waals surface area contributed by atoms with E-state index in [0.717, 1.165) is 29.5 Å². The smallest absolute Gasteiger partial charge is 0.262 e. The molecule has 0 saturated carbocycles. The minimum atomic E-state index is -0.447. The van der Waals surface area contributed by atoms with E-state index < -0.39 is 17.7 Å². The van der Waals surface area contributed by atoms with Crippen molar-refractivity contribution in [2.24, 2.45) is 0 Å². The minimum absolute atomic E-state index is 0.298. The van der Waals surface area contributed by atoms with Crippen molar-refractivity contribution in [2.75, 3.05) is 56.2 Å². The molecule has 0 unspecified atom stereocenters. The number of hydrogen-bond acceptors (Lipinski definition) is 8. The molecule has 1 aromatic heterocycles. The summed E-state index contributed by atoms with van der Waals surface area (Å²) < 4.78 is 5.38. The van der Waals surface area contributed by atoms with Gasteiger partial charge in [-0.1, -0.05) is 12.1 Å². The van der Waals surface area contributed by atoms with Crippen LogP contribution < -0.4 is 15.5 Å². The number of nitrogens with zero attached hydrogens (tertiary/aromatic N) is 4. The number of carbonyl (C=O) groups is 3. The zero-order chi connectivity index (χ0) is 21.8. The van der Waals surface area contributed by atoms with Gasteiger partial charge in [0.15, 0.2) is 0 Å². The largest absolute Gasteiger partial charge is 0.378 e. The fourth-order valence-corrected chi connectivity index (χ4v) is 3.54. The predicted octanol–water partition coefficient (Wildman–Crippen LogP) is 0.446. The second-order valence-corrected chi connectivity index (χ2v) is 7.31. The van der Waals surface area contributed by atoms with E-state index in [1.54, 1.807) is 24.3 Å². The van der Waals surface area contributed by atoms with Gasteiger partial charge in [-0.2, -0.15) is 4.98 Å². The van der Waals surface area contributed by atoms with E-state index in [2.05, 4.69) is 25.5 Å². The number of carbonyl (C=O) groups excluding carboxylic acids is 3. The molecule has 10 heteroatoms. The number of nitrogens with one attached hydrogen (secondary N) is 2. The van der Waals surface area contributed by atoms with Crippen LogP contribution in [-0.2, 0) is 9.53 Å². The average Bonchev–Trinajstić information content (AvgIpc) is 3.02. The molecule has 0 spiro atoms. The number of imide groups is 1. The first-order valence-electron chi connectivity index (χ1n) is 10.2. The van der Waals surface area contributed by atoms with E-state index in [9.17, 15) is 14.4 Å². The fraction of sp³-hybridized carbons (Fsp3) is 0.381. The summed E-state index contributed by atoms with van der Waals surface area (Å²) in [5, 5.41) is 5.81. The number of anilines is 2. The number of ether oxygens (including phenoxy) is 1. The van der Waals surface area contributed by atoms with Crippen LogP contribution in [0.2, 0.25) is 0 Å². The summed E-state index contributed by atoms with van der Waals surface area (Å²) in [7, 11) is 0. The minimum Gasteiger partial charge on any atom is -0.378 e. The summed E-state index contributed by atoms with van der Waals surface area (Å²) >= 11 is 0. The number of morpholine rings is 1. The first-order chi connectivity index (χ1) is 15.0. The Kier molecular flexibility index (Phi) is 6.08. The summed E-state index contributed by atoms with van der Waals surface area (Å²) in [5.41, 5.74) is 1.50. The topological polar surface area (TPSA) is 117 Å². The highest BCUT2D eigenvalue weighted by molar-refractivity contribution is 6.22. The quantitative estimate of drug-likeness (QED) is 0.486. The molecule has 0 radical (unpaired) electrons. The lowest BCUT2D eigenvalue weighted by molar-refractivity contribution is -0.121. The maximum Gasteiger partial charge on any atom is 0.262 e. The summed E-state index contributed by atoms with van der Waals surface area (Å²) in [6, 6.07) is 8.49. The van der Waals surface area contributed by atoms with Gasteiger partial charge in [-0.05, 0) is 19.1 Å². The molecule has 2 aliphatic rings. The van der Waals surface area contributed by atoms with Crippen molar-refractivity contribution < 1.29 is 19.1 Å². The highest BCUT2D eigenvalue weighted by Crippen LogP contribution is 2.22. The Hall–Kier alpha value is -3.53. The third kappa shape index (κ3) is 4.64. The van der Waals surface area contributed by atoms with Gasteiger partial charge in [0.25, 0.3) is 11.8 Å². The summed E-state index contributed by atoms with van der Waals surface area (Å²) in [6.45, 7) is 5.20. The lowest BCUT2D eigenvalue weighted by Crippen LogP contribution is -2.41. The third-order valence-electron chi connectivity index (χ3n) is 5.09. The van der Waals surface area contributed by atoms with Crippen molar-refractivity contribution in [2.45, 2.75) is 6.92 Å². The van der Waals surface area contributed by atoms with Gasteiger partial charge in [-0.3, -0.25) is 19.3 Å². The number of aromatic nitrogens is 2. The maximum atomic E-state index is 12.3. The molecule has 2 aromatic rings. The Morgan fingerprint density at radius 3 is 2.42 bits per heavy atom. The molecular formula is C21H24N6O4. The highest BCUT2D eigenvalue weighted by atomic mass is 16.5. The number of benzene rings is 1. The van der Waals surface area contributed by atoms with Crippen LogP contribution in [0.3, 0.4) is 0 Å². The van der Waals surface area contributed by atoms with Crippen LogP contribution in [0, 0.1) is 6.92 Å². The molecule has 3 heterocycles.